The van der Waals surface area contributed by atoms with E-state index in [4.69, 9.17) is 11.6 Å². The standard InChI is InChI=1S/C22H24ClN3O2/c1-15-4-3-5-20(24-15)26-21(28)8-9-22(26)10-11-25(16(2)13-22)14-17-6-7-19(27)18(23)12-17/h3-9,12,16,27H,10-11,13-14H2,1-2H3/t16-,22+/m0/s1. The van der Waals surface area contributed by atoms with Gasteiger partial charge in [0.1, 0.15) is 11.6 Å². The van der Waals surface area contributed by atoms with Gasteiger partial charge in [-0.1, -0.05) is 29.8 Å². The molecule has 0 radical (unpaired) electrons. The predicted octanol–water partition coefficient (Wildman–Crippen LogP) is 4.08. The van der Waals surface area contributed by atoms with Crippen LogP contribution in [0, 0.1) is 6.92 Å². The first-order valence-corrected chi connectivity index (χ1v) is 9.94. The highest BCUT2D eigenvalue weighted by Crippen LogP contribution is 2.40. The van der Waals surface area contributed by atoms with Gasteiger partial charge in [0.15, 0.2) is 0 Å². The second kappa shape index (κ2) is 7.22. The third-order valence-corrected chi connectivity index (χ3v) is 6.11. The Morgan fingerprint density at radius 1 is 1.32 bits per heavy atom. The SMILES string of the molecule is Cc1cccc(N2C(=O)C=C[C@]23CCN(Cc2ccc(O)c(Cl)c2)[C@@H](C)C3)n1. The van der Waals surface area contributed by atoms with E-state index in [1.165, 1.54) is 0 Å². The van der Waals surface area contributed by atoms with Gasteiger partial charge in [-0.3, -0.25) is 14.6 Å². The number of rotatable bonds is 3. The van der Waals surface area contributed by atoms with Crippen LogP contribution in [-0.4, -0.2) is 39.0 Å². The third-order valence-electron chi connectivity index (χ3n) is 5.81. The lowest BCUT2D eigenvalue weighted by atomic mass is 9.83. The van der Waals surface area contributed by atoms with Crippen LogP contribution in [0.4, 0.5) is 5.82 Å². The van der Waals surface area contributed by atoms with Crippen molar-refractivity contribution in [3.63, 3.8) is 0 Å². The molecule has 1 fully saturated rings. The van der Waals surface area contributed by atoms with Gasteiger partial charge in [0.25, 0.3) is 5.91 Å². The van der Waals surface area contributed by atoms with E-state index in [2.05, 4.69) is 22.9 Å². The summed E-state index contributed by atoms with van der Waals surface area (Å²) in [6.45, 7) is 5.76. The number of anilines is 1. The number of aromatic hydroxyl groups is 1. The van der Waals surface area contributed by atoms with E-state index in [1.807, 2.05) is 42.2 Å². The van der Waals surface area contributed by atoms with Gasteiger partial charge in [-0.25, -0.2) is 4.98 Å². The van der Waals surface area contributed by atoms with Gasteiger partial charge in [0.2, 0.25) is 0 Å². The molecule has 146 valence electrons. The molecule has 0 aliphatic carbocycles. The topological polar surface area (TPSA) is 56.7 Å². The molecule has 0 bridgehead atoms. The zero-order valence-corrected chi connectivity index (χ0v) is 16.9. The van der Waals surface area contributed by atoms with Crippen molar-refractivity contribution >= 4 is 23.3 Å². The van der Waals surface area contributed by atoms with E-state index < -0.39 is 0 Å². The minimum absolute atomic E-state index is 0.00377. The van der Waals surface area contributed by atoms with E-state index in [9.17, 15) is 9.90 Å². The molecule has 1 saturated heterocycles. The number of aromatic nitrogens is 1. The lowest BCUT2D eigenvalue weighted by Crippen LogP contribution is -2.56. The van der Waals surface area contributed by atoms with Crippen LogP contribution in [0.2, 0.25) is 5.02 Å². The Bertz CT molecular complexity index is 945. The molecule has 6 heteroatoms. The number of hydrogen-bond donors (Lipinski definition) is 1. The summed E-state index contributed by atoms with van der Waals surface area (Å²) in [6.07, 6.45) is 5.44. The highest BCUT2D eigenvalue weighted by Gasteiger charge is 2.46. The van der Waals surface area contributed by atoms with E-state index in [-0.39, 0.29) is 23.2 Å². The lowest BCUT2D eigenvalue weighted by molar-refractivity contribution is -0.114. The molecule has 2 atom stereocenters. The Labute approximate surface area is 170 Å². The summed E-state index contributed by atoms with van der Waals surface area (Å²) >= 11 is 6.05. The fourth-order valence-electron chi connectivity index (χ4n) is 4.36. The van der Waals surface area contributed by atoms with Gasteiger partial charge in [-0.15, -0.1) is 0 Å². The molecule has 4 rings (SSSR count). The van der Waals surface area contributed by atoms with Crippen molar-refractivity contribution in [2.24, 2.45) is 0 Å². The molecule has 1 aromatic heterocycles. The number of pyridine rings is 1. The summed E-state index contributed by atoms with van der Waals surface area (Å²) in [5.74, 6) is 0.831. The zero-order valence-electron chi connectivity index (χ0n) is 16.1. The summed E-state index contributed by atoms with van der Waals surface area (Å²) in [5.41, 5.74) is 1.66. The molecule has 1 N–H and O–H groups in total. The fraction of sp³-hybridized carbons (Fsp3) is 0.364. The number of piperidine rings is 1. The number of nitrogens with zero attached hydrogens (tertiary/aromatic N) is 3. The molecule has 0 saturated carbocycles. The van der Waals surface area contributed by atoms with Crippen molar-refractivity contribution in [1.82, 2.24) is 9.88 Å². The monoisotopic (exact) mass is 397 g/mol. The van der Waals surface area contributed by atoms with Gasteiger partial charge < -0.3 is 5.11 Å². The summed E-state index contributed by atoms with van der Waals surface area (Å²) in [6, 6.07) is 11.4. The van der Waals surface area contributed by atoms with Crippen LogP contribution in [0.15, 0.2) is 48.6 Å². The first-order valence-electron chi connectivity index (χ1n) is 9.56. The minimum Gasteiger partial charge on any atom is -0.506 e. The maximum absolute atomic E-state index is 12.7. The Hall–Kier alpha value is -2.37. The van der Waals surface area contributed by atoms with Gasteiger partial charge in [0.05, 0.1) is 10.6 Å². The molecular formula is C22H24ClN3O2. The van der Waals surface area contributed by atoms with E-state index in [0.29, 0.717) is 5.02 Å². The number of carbonyl (C=O) groups excluding carboxylic acids is 1. The lowest BCUT2D eigenvalue weighted by Gasteiger charge is -2.47. The molecule has 3 heterocycles. The van der Waals surface area contributed by atoms with Crippen molar-refractivity contribution in [3.05, 3.63) is 64.8 Å². The largest absolute Gasteiger partial charge is 0.506 e. The number of amides is 1. The highest BCUT2D eigenvalue weighted by atomic mass is 35.5. The van der Waals surface area contributed by atoms with Gasteiger partial charge in [0, 0.05) is 30.9 Å². The smallest absolute Gasteiger partial charge is 0.252 e. The Morgan fingerprint density at radius 2 is 2.14 bits per heavy atom. The van der Waals surface area contributed by atoms with E-state index >= 15 is 0 Å². The number of benzene rings is 1. The molecular weight excluding hydrogens is 374 g/mol. The minimum atomic E-state index is -0.319. The average molecular weight is 398 g/mol. The molecule has 2 aromatic rings. The normalized spacial score (nSPS) is 25.0. The van der Waals surface area contributed by atoms with Crippen molar-refractivity contribution in [1.29, 1.82) is 0 Å². The zero-order chi connectivity index (χ0) is 19.9. The Morgan fingerprint density at radius 3 is 2.86 bits per heavy atom. The molecule has 2 aliphatic heterocycles. The predicted molar refractivity (Wildman–Crippen MR) is 111 cm³/mol. The van der Waals surface area contributed by atoms with Crippen molar-refractivity contribution in [3.8, 4) is 5.75 Å². The number of phenols is 1. The van der Waals surface area contributed by atoms with Crippen LogP contribution in [-0.2, 0) is 11.3 Å². The second-order valence-electron chi connectivity index (χ2n) is 7.81. The number of carbonyl (C=O) groups is 1. The first-order chi connectivity index (χ1) is 13.4. The molecule has 28 heavy (non-hydrogen) atoms. The molecule has 1 spiro atoms. The van der Waals surface area contributed by atoms with Crippen LogP contribution in [0.1, 0.15) is 31.0 Å². The van der Waals surface area contributed by atoms with Crippen molar-refractivity contribution in [2.45, 2.75) is 44.8 Å². The number of likely N-dealkylation sites (tertiary alicyclic amines) is 1. The maximum atomic E-state index is 12.7. The van der Waals surface area contributed by atoms with Crippen LogP contribution in [0.25, 0.3) is 0 Å². The molecule has 0 unspecified atom stereocenters. The molecule has 1 aromatic carbocycles. The van der Waals surface area contributed by atoms with Crippen LogP contribution < -0.4 is 4.90 Å². The number of phenolic OH excluding ortho intramolecular Hbond substituents is 1. The van der Waals surface area contributed by atoms with Gasteiger partial charge in [-0.05, 0) is 56.5 Å². The molecule has 2 aliphatic rings. The number of halogens is 1. The quantitative estimate of drug-likeness (QED) is 0.848. The summed E-state index contributed by atoms with van der Waals surface area (Å²) < 4.78 is 0. The number of hydrogen-bond acceptors (Lipinski definition) is 4. The highest BCUT2D eigenvalue weighted by molar-refractivity contribution is 6.32. The van der Waals surface area contributed by atoms with Gasteiger partial charge >= 0.3 is 0 Å². The average Bonchev–Trinajstić information content (AvgIpc) is 2.96. The number of aryl methyl sites for hydroxylation is 1. The summed E-state index contributed by atoms with van der Waals surface area (Å²) in [5, 5.41) is 10.0. The van der Waals surface area contributed by atoms with Crippen LogP contribution >= 0.6 is 11.6 Å². The summed E-state index contributed by atoms with van der Waals surface area (Å²) in [4.78, 5) is 21.5. The van der Waals surface area contributed by atoms with Crippen molar-refractivity contribution in [2.75, 3.05) is 11.4 Å². The molecule has 1 amide bonds. The Balaban J connectivity index is 1.54. The van der Waals surface area contributed by atoms with Crippen LogP contribution in [0.3, 0.4) is 0 Å². The van der Waals surface area contributed by atoms with E-state index in [1.54, 1.807) is 12.1 Å². The van der Waals surface area contributed by atoms with Crippen molar-refractivity contribution < 1.29 is 9.90 Å². The third kappa shape index (κ3) is 3.40. The molecule has 5 nitrogen and oxygen atoms in total. The van der Waals surface area contributed by atoms with E-state index in [0.717, 1.165) is 43.0 Å². The van der Waals surface area contributed by atoms with Crippen LogP contribution in [0.5, 0.6) is 5.75 Å². The first kappa shape index (κ1) is 19.0. The second-order valence-corrected chi connectivity index (χ2v) is 8.21. The Kier molecular flexibility index (Phi) is 4.89. The fourth-order valence-corrected chi connectivity index (χ4v) is 4.57. The summed E-state index contributed by atoms with van der Waals surface area (Å²) in [7, 11) is 0. The van der Waals surface area contributed by atoms with Gasteiger partial charge in [-0.2, -0.15) is 0 Å². The maximum Gasteiger partial charge on any atom is 0.252 e.